The maximum absolute atomic E-state index is 12.2. The van der Waals surface area contributed by atoms with Gasteiger partial charge in [-0.25, -0.2) is 13.3 Å². The van der Waals surface area contributed by atoms with E-state index >= 15 is 0 Å². The number of nitrogens with zero attached hydrogens (tertiary/aromatic N) is 1. The molecule has 2 rings (SSSR count). The molecule has 0 aliphatic carbocycles. The quantitative estimate of drug-likeness (QED) is 0.865. The van der Waals surface area contributed by atoms with Crippen LogP contribution >= 0.6 is 0 Å². The maximum atomic E-state index is 12.2. The van der Waals surface area contributed by atoms with Crippen LogP contribution in [-0.4, -0.2) is 45.9 Å². The van der Waals surface area contributed by atoms with Crippen molar-refractivity contribution in [2.45, 2.75) is 4.90 Å². The Hall–Kier alpha value is -1.24. The van der Waals surface area contributed by atoms with Gasteiger partial charge in [0.15, 0.2) is 0 Å². The minimum absolute atomic E-state index is 0.157. The third-order valence-electron chi connectivity index (χ3n) is 2.49. The SMILES string of the molecule is O=C(O)c1cccc(S(=O)N2CCOCC2)c1. The molecule has 1 saturated heterocycles. The smallest absolute Gasteiger partial charge is 0.335 e. The second-order valence-electron chi connectivity index (χ2n) is 3.62. The van der Waals surface area contributed by atoms with Gasteiger partial charge in [-0.3, -0.25) is 0 Å². The Morgan fingerprint density at radius 3 is 2.71 bits per heavy atom. The molecule has 1 aliphatic rings. The minimum atomic E-state index is -1.31. The fraction of sp³-hybridized carbons (Fsp3) is 0.364. The lowest BCUT2D eigenvalue weighted by atomic mass is 10.2. The lowest BCUT2D eigenvalue weighted by Crippen LogP contribution is -2.37. The van der Waals surface area contributed by atoms with Gasteiger partial charge < -0.3 is 9.84 Å². The van der Waals surface area contributed by atoms with Crippen molar-refractivity contribution >= 4 is 17.0 Å². The molecule has 17 heavy (non-hydrogen) atoms. The van der Waals surface area contributed by atoms with Crippen LogP contribution in [0, 0.1) is 0 Å². The number of hydrogen-bond donors (Lipinski definition) is 1. The molecular weight excluding hydrogens is 242 g/mol. The van der Waals surface area contributed by atoms with Crippen LogP contribution < -0.4 is 0 Å². The van der Waals surface area contributed by atoms with Gasteiger partial charge >= 0.3 is 5.97 Å². The average Bonchev–Trinajstić information content (AvgIpc) is 2.39. The summed E-state index contributed by atoms with van der Waals surface area (Å²) in [6.45, 7) is 2.32. The van der Waals surface area contributed by atoms with Crippen LogP contribution in [0.3, 0.4) is 0 Å². The zero-order chi connectivity index (χ0) is 12.3. The van der Waals surface area contributed by atoms with Gasteiger partial charge in [0.1, 0.15) is 11.0 Å². The van der Waals surface area contributed by atoms with Gasteiger partial charge in [0, 0.05) is 13.1 Å². The first kappa shape index (κ1) is 12.2. The largest absolute Gasteiger partial charge is 0.478 e. The molecule has 92 valence electrons. The highest BCUT2D eigenvalue weighted by Crippen LogP contribution is 2.14. The summed E-state index contributed by atoms with van der Waals surface area (Å²) in [5.74, 6) is -1.01. The molecule has 1 aromatic rings. The lowest BCUT2D eigenvalue weighted by Gasteiger charge is -2.25. The van der Waals surface area contributed by atoms with Gasteiger partial charge in [0.25, 0.3) is 0 Å². The summed E-state index contributed by atoms with van der Waals surface area (Å²) in [4.78, 5) is 11.3. The molecule has 1 heterocycles. The maximum Gasteiger partial charge on any atom is 0.335 e. The van der Waals surface area contributed by atoms with Gasteiger partial charge in [-0.1, -0.05) is 6.07 Å². The predicted molar refractivity (Wildman–Crippen MR) is 62.2 cm³/mol. The molecule has 1 fully saturated rings. The number of benzene rings is 1. The Kier molecular flexibility index (Phi) is 3.88. The van der Waals surface area contributed by atoms with Crippen molar-refractivity contribution < 1.29 is 18.8 Å². The van der Waals surface area contributed by atoms with E-state index in [1.807, 2.05) is 0 Å². The first-order valence-electron chi connectivity index (χ1n) is 5.26. The topological polar surface area (TPSA) is 66.8 Å². The summed E-state index contributed by atoms with van der Waals surface area (Å²) in [5, 5.41) is 8.87. The van der Waals surface area contributed by atoms with Gasteiger partial charge in [-0.05, 0) is 18.2 Å². The van der Waals surface area contributed by atoms with E-state index in [2.05, 4.69) is 0 Å². The summed E-state index contributed by atoms with van der Waals surface area (Å²) in [5.41, 5.74) is 0.157. The van der Waals surface area contributed by atoms with Crippen molar-refractivity contribution in [1.82, 2.24) is 4.31 Å². The summed E-state index contributed by atoms with van der Waals surface area (Å²) < 4.78 is 19.1. The fourth-order valence-corrected chi connectivity index (χ4v) is 2.80. The van der Waals surface area contributed by atoms with Crippen molar-refractivity contribution in [3.05, 3.63) is 29.8 Å². The summed E-state index contributed by atoms with van der Waals surface area (Å²) >= 11 is 0. The van der Waals surface area contributed by atoms with Crippen LogP contribution in [0.1, 0.15) is 10.4 Å². The monoisotopic (exact) mass is 255 g/mol. The Bertz CT molecular complexity index is 443. The zero-order valence-corrected chi connectivity index (χ0v) is 9.98. The molecule has 0 amide bonds. The van der Waals surface area contributed by atoms with Crippen LogP contribution in [0.15, 0.2) is 29.2 Å². The number of carboxylic acids is 1. The Balaban J connectivity index is 2.18. The molecule has 1 aliphatic heterocycles. The number of morpholine rings is 1. The highest BCUT2D eigenvalue weighted by atomic mass is 32.2. The van der Waals surface area contributed by atoms with Crippen molar-refractivity contribution in [3.8, 4) is 0 Å². The highest BCUT2D eigenvalue weighted by Gasteiger charge is 2.18. The molecule has 0 aromatic heterocycles. The Morgan fingerprint density at radius 1 is 1.35 bits per heavy atom. The number of ether oxygens (including phenoxy) is 1. The molecule has 5 nitrogen and oxygen atoms in total. The van der Waals surface area contributed by atoms with E-state index < -0.39 is 17.0 Å². The van der Waals surface area contributed by atoms with Crippen LogP contribution in [0.25, 0.3) is 0 Å². The Labute approximate surface area is 102 Å². The predicted octanol–water partition coefficient (Wildman–Crippen LogP) is 0.740. The van der Waals surface area contributed by atoms with Crippen molar-refractivity contribution in [1.29, 1.82) is 0 Å². The molecule has 6 heteroatoms. The molecule has 0 bridgehead atoms. The van der Waals surface area contributed by atoms with E-state index in [9.17, 15) is 9.00 Å². The van der Waals surface area contributed by atoms with Gasteiger partial charge in [0.2, 0.25) is 0 Å². The molecular formula is C11H13NO4S. The van der Waals surface area contributed by atoms with Crippen LogP contribution in [0.2, 0.25) is 0 Å². The zero-order valence-electron chi connectivity index (χ0n) is 9.17. The summed E-state index contributed by atoms with van der Waals surface area (Å²) in [7, 11) is -1.31. The van der Waals surface area contributed by atoms with Gasteiger partial charge in [0.05, 0.1) is 23.7 Å². The molecule has 0 spiro atoms. The Morgan fingerprint density at radius 2 is 2.06 bits per heavy atom. The molecule has 0 saturated carbocycles. The van der Waals surface area contributed by atoms with E-state index in [1.54, 1.807) is 16.4 Å². The third kappa shape index (κ3) is 2.91. The van der Waals surface area contributed by atoms with Crippen molar-refractivity contribution in [2.75, 3.05) is 26.3 Å². The van der Waals surface area contributed by atoms with E-state index in [4.69, 9.17) is 9.84 Å². The molecule has 1 N–H and O–H groups in total. The van der Waals surface area contributed by atoms with Gasteiger partial charge in [-0.15, -0.1) is 0 Å². The number of aromatic carboxylic acids is 1. The normalized spacial score (nSPS) is 18.8. The summed E-state index contributed by atoms with van der Waals surface area (Å²) in [6.07, 6.45) is 0. The molecule has 1 aromatic carbocycles. The van der Waals surface area contributed by atoms with E-state index in [0.29, 0.717) is 31.2 Å². The van der Waals surface area contributed by atoms with E-state index in [0.717, 1.165) is 0 Å². The first-order valence-corrected chi connectivity index (χ1v) is 6.37. The van der Waals surface area contributed by atoms with Crippen LogP contribution in [0.5, 0.6) is 0 Å². The average molecular weight is 255 g/mol. The van der Waals surface area contributed by atoms with E-state index in [1.165, 1.54) is 12.1 Å². The minimum Gasteiger partial charge on any atom is -0.478 e. The molecule has 1 unspecified atom stereocenters. The summed E-state index contributed by atoms with van der Waals surface area (Å²) in [6, 6.07) is 6.23. The van der Waals surface area contributed by atoms with Gasteiger partial charge in [-0.2, -0.15) is 0 Å². The fourth-order valence-electron chi connectivity index (χ4n) is 1.60. The number of rotatable bonds is 3. The first-order chi connectivity index (χ1) is 8.18. The highest BCUT2D eigenvalue weighted by molar-refractivity contribution is 7.82. The second-order valence-corrected chi connectivity index (χ2v) is 5.11. The standard InChI is InChI=1S/C11H13NO4S/c13-11(14)9-2-1-3-10(8-9)17(15)12-4-6-16-7-5-12/h1-3,8H,4-7H2,(H,13,14). The van der Waals surface area contributed by atoms with Crippen LogP contribution in [-0.2, 0) is 15.7 Å². The molecule has 0 radical (unpaired) electrons. The number of carboxylic acid groups (broad SMARTS) is 1. The number of carbonyl (C=O) groups is 1. The number of hydrogen-bond acceptors (Lipinski definition) is 3. The lowest BCUT2D eigenvalue weighted by molar-refractivity contribution is 0.0696. The molecule has 1 atom stereocenters. The van der Waals surface area contributed by atoms with Crippen LogP contribution in [0.4, 0.5) is 0 Å². The van der Waals surface area contributed by atoms with Crippen molar-refractivity contribution in [2.24, 2.45) is 0 Å². The third-order valence-corrected chi connectivity index (χ3v) is 3.98. The van der Waals surface area contributed by atoms with Crippen molar-refractivity contribution in [3.63, 3.8) is 0 Å². The second kappa shape index (κ2) is 5.39. The van der Waals surface area contributed by atoms with E-state index in [-0.39, 0.29) is 5.56 Å².